The van der Waals surface area contributed by atoms with Gasteiger partial charge in [-0.3, -0.25) is 19.2 Å². The lowest BCUT2D eigenvalue weighted by Crippen LogP contribution is -2.58. The first-order valence-corrected chi connectivity index (χ1v) is 7.42. The molecule has 0 bridgehead atoms. The quantitative estimate of drug-likeness (QED) is 0.513. The van der Waals surface area contributed by atoms with Crippen LogP contribution in [-0.4, -0.2) is 55.1 Å². The smallest absolute Gasteiger partial charge is 0.304 e. The van der Waals surface area contributed by atoms with Gasteiger partial charge >= 0.3 is 23.9 Å². The lowest BCUT2D eigenvalue weighted by atomic mass is 9.92. The summed E-state index contributed by atoms with van der Waals surface area (Å²) in [6.45, 7) is 6.18. The Morgan fingerprint density at radius 1 is 0.792 bits per heavy atom. The van der Waals surface area contributed by atoms with E-state index >= 15 is 0 Å². The van der Waals surface area contributed by atoms with Crippen LogP contribution in [0.25, 0.3) is 0 Å². The van der Waals surface area contributed by atoms with Crippen LogP contribution in [0.5, 0.6) is 0 Å². The predicted molar refractivity (Wildman–Crippen MR) is 77.3 cm³/mol. The summed E-state index contributed by atoms with van der Waals surface area (Å²) in [6.07, 6.45) is -3.93. The Labute approximate surface area is 139 Å². The second-order valence-electron chi connectivity index (χ2n) is 5.46. The van der Waals surface area contributed by atoms with Crippen LogP contribution in [0, 0.1) is 5.92 Å². The molecule has 0 aromatic carbocycles. The predicted octanol–water partition coefficient (Wildman–Crippen LogP) is 0.337. The molecule has 1 aliphatic heterocycles. The molecule has 0 aliphatic carbocycles. The highest BCUT2D eigenvalue weighted by Gasteiger charge is 2.49. The van der Waals surface area contributed by atoms with E-state index in [1.807, 2.05) is 0 Å². The summed E-state index contributed by atoms with van der Waals surface area (Å²) in [7, 11) is 0. The van der Waals surface area contributed by atoms with Gasteiger partial charge in [-0.2, -0.15) is 0 Å². The Morgan fingerprint density at radius 3 is 1.75 bits per heavy atom. The van der Waals surface area contributed by atoms with Crippen molar-refractivity contribution in [1.29, 1.82) is 0 Å². The maximum atomic E-state index is 11.4. The lowest BCUT2D eigenvalue weighted by Gasteiger charge is -2.43. The van der Waals surface area contributed by atoms with Gasteiger partial charge in [-0.15, -0.1) is 0 Å². The number of esters is 4. The van der Waals surface area contributed by atoms with E-state index in [-0.39, 0.29) is 6.61 Å². The van der Waals surface area contributed by atoms with E-state index < -0.39 is 54.4 Å². The summed E-state index contributed by atoms with van der Waals surface area (Å²) < 4.78 is 26.0. The number of hydrogen-bond acceptors (Lipinski definition) is 9. The van der Waals surface area contributed by atoms with E-state index in [9.17, 15) is 19.2 Å². The highest BCUT2D eigenvalue weighted by atomic mass is 16.7. The van der Waals surface area contributed by atoms with Crippen molar-refractivity contribution < 1.29 is 42.9 Å². The monoisotopic (exact) mass is 346 g/mol. The molecule has 0 N–H and O–H groups in total. The fraction of sp³-hybridized carbons (Fsp3) is 0.733. The third kappa shape index (κ3) is 5.80. The molecule has 0 aromatic rings. The first-order chi connectivity index (χ1) is 11.1. The second-order valence-corrected chi connectivity index (χ2v) is 5.46. The molecule has 0 radical (unpaired) electrons. The molecule has 24 heavy (non-hydrogen) atoms. The minimum atomic E-state index is -1.04. The molecule has 0 saturated carbocycles. The van der Waals surface area contributed by atoms with E-state index in [0.717, 1.165) is 0 Å². The van der Waals surface area contributed by atoms with Gasteiger partial charge in [0.2, 0.25) is 6.29 Å². The van der Waals surface area contributed by atoms with Crippen LogP contribution in [0.15, 0.2) is 0 Å². The highest BCUT2D eigenvalue weighted by Crippen LogP contribution is 2.31. The molecule has 5 atom stereocenters. The Balaban J connectivity index is 3.08. The van der Waals surface area contributed by atoms with E-state index in [0.29, 0.717) is 0 Å². The van der Waals surface area contributed by atoms with Crippen LogP contribution in [-0.2, 0) is 42.9 Å². The molecule has 9 nitrogen and oxygen atoms in total. The van der Waals surface area contributed by atoms with Crippen LogP contribution in [0.4, 0.5) is 0 Å². The van der Waals surface area contributed by atoms with Crippen LogP contribution < -0.4 is 0 Å². The molecule has 0 spiro atoms. The molecular formula is C15H22O9. The van der Waals surface area contributed by atoms with Crippen molar-refractivity contribution in [3.63, 3.8) is 0 Å². The molecule has 1 unspecified atom stereocenters. The number of ether oxygens (including phenoxy) is 5. The molecule has 1 saturated heterocycles. The van der Waals surface area contributed by atoms with Crippen LogP contribution in [0.1, 0.15) is 34.6 Å². The van der Waals surface area contributed by atoms with Crippen LogP contribution >= 0.6 is 0 Å². The first-order valence-electron chi connectivity index (χ1n) is 7.42. The van der Waals surface area contributed by atoms with Gasteiger partial charge in [0.15, 0.2) is 6.10 Å². The lowest BCUT2D eigenvalue weighted by molar-refractivity contribution is -0.281. The number of hydrogen-bond donors (Lipinski definition) is 0. The summed E-state index contributed by atoms with van der Waals surface area (Å²) in [5.74, 6) is -2.97. The average molecular weight is 346 g/mol. The molecule has 1 aliphatic rings. The van der Waals surface area contributed by atoms with Gasteiger partial charge in [0.05, 0.1) is 5.92 Å². The van der Waals surface area contributed by atoms with Crippen molar-refractivity contribution >= 4 is 23.9 Å². The van der Waals surface area contributed by atoms with E-state index in [4.69, 9.17) is 23.7 Å². The molecule has 136 valence electrons. The summed E-state index contributed by atoms with van der Waals surface area (Å²) in [6, 6.07) is 0. The van der Waals surface area contributed by atoms with E-state index in [1.165, 1.54) is 27.7 Å². The highest BCUT2D eigenvalue weighted by molar-refractivity contribution is 5.68. The zero-order valence-electron chi connectivity index (χ0n) is 14.3. The Morgan fingerprint density at radius 2 is 1.29 bits per heavy atom. The number of rotatable bonds is 5. The summed E-state index contributed by atoms with van der Waals surface area (Å²) in [4.78, 5) is 45.1. The van der Waals surface area contributed by atoms with E-state index in [2.05, 4.69) is 0 Å². The van der Waals surface area contributed by atoms with Crippen LogP contribution in [0.3, 0.4) is 0 Å². The van der Waals surface area contributed by atoms with Gasteiger partial charge in [0, 0.05) is 27.7 Å². The SMILES string of the molecule is CC(=O)OC[C@H]1OC(OC(C)=O)[C@H](C)[C@@H](OC(C)=O)[C@@H]1OC(C)=O. The molecule has 9 heteroatoms. The summed E-state index contributed by atoms with van der Waals surface area (Å²) in [5, 5.41) is 0. The fourth-order valence-electron chi connectivity index (χ4n) is 2.37. The third-order valence-electron chi connectivity index (χ3n) is 3.28. The summed E-state index contributed by atoms with van der Waals surface area (Å²) in [5.41, 5.74) is 0. The van der Waals surface area contributed by atoms with Crippen molar-refractivity contribution in [2.24, 2.45) is 5.92 Å². The standard InChI is InChI=1S/C15H22O9/c1-7-13(21-9(3)17)14(22-10(4)18)12(6-20-8(2)16)24-15(7)23-11(5)19/h7,12-15H,6H2,1-5H3/t7-,12-,13-,14-,15?/m1/s1. The van der Waals surface area contributed by atoms with Gasteiger partial charge in [-0.25, -0.2) is 0 Å². The summed E-state index contributed by atoms with van der Waals surface area (Å²) >= 11 is 0. The Bertz CT molecular complexity index is 485. The van der Waals surface area contributed by atoms with Gasteiger partial charge in [-0.05, 0) is 0 Å². The maximum Gasteiger partial charge on any atom is 0.304 e. The molecule has 0 aromatic heterocycles. The maximum absolute atomic E-state index is 11.4. The zero-order chi connectivity index (χ0) is 18.4. The molecule has 0 amide bonds. The van der Waals surface area contributed by atoms with Gasteiger partial charge < -0.3 is 23.7 Å². The molecule has 1 fully saturated rings. The minimum absolute atomic E-state index is 0.254. The van der Waals surface area contributed by atoms with Crippen LogP contribution in [0.2, 0.25) is 0 Å². The minimum Gasteiger partial charge on any atom is -0.463 e. The molecule has 1 heterocycles. The molecular weight excluding hydrogens is 324 g/mol. The second kappa shape index (κ2) is 8.62. The van der Waals surface area contributed by atoms with Gasteiger partial charge in [0.1, 0.15) is 18.8 Å². The number of carbonyl (C=O) groups is 4. The number of carbonyl (C=O) groups excluding carboxylic acids is 4. The van der Waals surface area contributed by atoms with Gasteiger partial charge in [-0.1, -0.05) is 6.92 Å². The largest absolute Gasteiger partial charge is 0.463 e. The van der Waals surface area contributed by atoms with Crippen molar-refractivity contribution in [1.82, 2.24) is 0 Å². The first kappa shape index (κ1) is 19.9. The van der Waals surface area contributed by atoms with Gasteiger partial charge in [0.25, 0.3) is 0 Å². The Kier molecular flexibility index (Phi) is 7.15. The Hall–Kier alpha value is -2.16. The third-order valence-corrected chi connectivity index (χ3v) is 3.28. The molecule has 1 rings (SSSR count). The average Bonchev–Trinajstić information content (AvgIpc) is 2.42. The van der Waals surface area contributed by atoms with E-state index in [1.54, 1.807) is 6.92 Å². The normalized spacial score (nSPS) is 29.3. The fourth-order valence-corrected chi connectivity index (χ4v) is 2.37. The van der Waals surface area contributed by atoms with Crippen molar-refractivity contribution in [2.45, 2.75) is 59.2 Å². The van der Waals surface area contributed by atoms with Crippen molar-refractivity contribution in [2.75, 3.05) is 6.61 Å². The zero-order valence-corrected chi connectivity index (χ0v) is 14.3. The van der Waals surface area contributed by atoms with Crippen molar-refractivity contribution in [3.8, 4) is 0 Å². The topological polar surface area (TPSA) is 114 Å². The van der Waals surface area contributed by atoms with Crippen molar-refractivity contribution in [3.05, 3.63) is 0 Å².